The van der Waals surface area contributed by atoms with E-state index in [4.69, 9.17) is 0 Å². The Morgan fingerprint density at radius 2 is 1.72 bits per heavy atom. The standard InChI is InChI=1S/C18H15BrN2O2S2/c19-15-3-9-18(10-4-15)25(22,23)21-16-5-7-17(8-6-16)24-13-14-2-1-11-20-12-14/h1-12,21H,13H2. The number of anilines is 1. The Hall–Kier alpha value is -1.83. The average Bonchev–Trinajstić information content (AvgIpc) is 2.62. The van der Waals surface area contributed by atoms with Crippen LogP contribution in [-0.4, -0.2) is 13.4 Å². The van der Waals surface area contributed by atoms with E-state index in [0.717, 1.165) is 20.7 Å². The molecule has 0 aliphatic heterocycles. The van der Waals surface area contributed by atoms with Crippen molar-refractivity contribution in [3.05, 3.63) is 83.1 Å². The van der Waals surface area contributed by atoms with Gasteiger partial charge in [0.15, 0.2) is 0 Å². The predicted octanol–water partition coefficient (Wildman–Crippen LogP) is 4.94. The van der Waals surface area contributed by atoms with Crippen LogP contribution in [0, 0.1) is 0 Å². The summed E-state index contributed by atoms with van der Waals surface area (Å²) in [5, 5.41) is 0. The van der Waals surface area contributed by atoms with Crippen molar-refractivity contribution in [3.63, 3.8) is 0 Å². The zero-order valence-electron chi connectivity index (χ0n) is 13.1. The fraction of sp³-hybridized carbons (Fsp3) is 0.0556. The highest BCUT2D eigenvalue weighted by atomic mass is 79.9. The van der Waals surface area contributed by atoms with E-state index in [-0.39, 0.29) is 4.90 Å². The third-order valence-corrected chi connectivity index (χ3v) is 6.37. The molecule has 0 unspecified atom stereocenters. The summed E-state index contributed by atoms with van der Waals surface area (Å²) in [6.45, 7) is 0. The zero-order chi connectivity index (χ0) is 17.7. The molecule has 0 bridgehead atoms. The molecular formula is C18H15BrN2O2S2. The summed E-state index contributed by atoms with van der Waals surface area (Å²) in [5.41, 5.74) is 1.68. The average molecular weight is 435 g/mol. The van der Waals surface area contributed by atoms with Crippen molar-refractivity contribution in [2.24, 2.45) is 0 Å². The first-order valence-corrected chi connectivity index (χ1v) is 10.7. The first kappa shape index (κ1) is 18.0. The zero-order valence-corrected chi connectivity index (χ0v) is 16.3. The molecule has 4 nitrogen and oxygen atoms in total. The lowest BCUT2D eigenvalue weighted by molar-refractivity contribution is 0.601. The number of pyridine rings is 1. The van der Waals surface area contributed by atoms with Crippen LogP contribution in [-0.2, 0) is 15.8 Å². The summed E-state index contributed by atoms with van der Waals surface area (Å²) >= 11 is 4.97. The molecule has 3 rings (SSSR count). The lowest BCUT2D eigenvalue weighted by Crippen LogP contribution is -2.12. The fourth-order valence-electron chi connectivity index (χ4n) is 2.10. The number of sulfonamides is 1. The Balaban J connectivity index is 1.65. The van der Waals surface area contributed by atoms with Gasteiger partial charge >= 0.3 is 0 Å². The maximum Gasteiger partial charge on any atom is 0.261 e. The van der Waals surface area contributed by atoms with Crippen molar-refractivity contribution in [3.8, 4) is 0 Å². The number of nitrogens with zero attached hydrogens (tertiary/aromatic N) is 1. The summed E-state index contributed by atoms with van der Waals surface area (Å²) in [6.07, 6.45) is 3.59. The Morgan fingerprint density at radius 1 is 1.00 bits per heavy atom. The molecule has 0 atom stereocenters. The molecule has 0 spiro atoms. The van der Waals surface area contributed by atoms with Gasteiger partial charge in [-0.3, -0.25) is 9.71 Å². The van der Waals surface area contributed by atoms with Gasteiger partial charge in [-0.1, -0.05) is 22.0 Å². The number of nitrogens with one attached hydrogen (secondary N) is 1. The summed E-state index contributed by atoms with van der Waals surface area (Å²) in [6, 6.07) is 17.8. The van der Waals surface area contributed by atoms with E-state index in [2.05, 4.69) is 25.6 Å². The summed E-state index contributed by atoms with van der Waals surface area (Å²) < 4.78 is 28.2. The van der Waals surface area contributed by atoms with Gasteiger partial charge in [0.1, 0.15) is 0 Å². The van der Waals surface area contributed by atoms with Gasteiger partial charge in [0.2, 0.25) is 0 Å². The highest BCUT2D eigenvalue weighted by molar-refractivity contribution is 9.10. The van der Waals surface area contributed by atoms with Crippen LogP contribution in [0.15, 0.2) is 87.3 Å². The second-order valence-electron chi connectivity index (χ2n) is 5.23. The second-order valence-corrected chi connectivity index (χ2v) is 8.88. The van der Waals surface area contributed by atoms with Crippen LogP contribution in [0.25, 0.3) is 0 Å². The smallest absolute Gasteiger partial charge is 0.261 e. The molecule has 0 fully saturated rings. The maximum atomic E-state index is 12.4. The van der Waals surface area contributed by atoms with Crippen LogP contribution in [0.2, 0.25) is 0 Å². The molecule has 3 aromatic rings. The van der Waals surface area contributed by atoms with Crippen LogP contribution in [0.4, 0.5) is 5.69 Å². The Bertz CT molecular complexity index is 929. The van der Waals surface area contributed by atoms with Gasteiger partial charge in [-0.2, -0.15) is 0 Å². The third-order valence-electron chi connectivity index (χ3n) is 3.36. The number of halogens is 1. The van der Waals surface area contributed by atoms with Gasteiger partial charge in [0.25, 0.3) is 10.0 Å². The fourth-order valence-corrected chi connectivity index (χ4v) is 4.25. The lowest BCUT2D eigenvalue weighted by Gasteiger charge is -2.09. The van der Waals surface area contributed by atoms with Crippen LogP contribution in [0.1, 0.15) is 5.56 Å². The van der Waals surface area contributed by atoms with E-state index in [1.54, 1.807) is 54.4 Å². The molecule has 0 aliphatic carbocycles. The van der Waals surface area contributed by atoms with Crippen LogP contribution >= 0.6 is 27.7 Å². The Labute approximate surface area is 159 Å². The number of aromatic nitrogens is 1. The molecule has 0 amide bonds. The van der Waals surface area contributed by atoms with Crippen molar-refractivity contribution in [2.75, 3.05) is 4.72 Å². The molecule has 1 N–H and O–H groups in total. The number of thioether (sulfide) groups is 1. The molecule has 128 valence electrons. The highest BCUT2D eigenvalue weighted by Crippen LogP contribution is 2.25. The number of hydrogen-bond acceptors (Lipinski definition) is 4. The van der Waals surface area contributed by atoms with Gasteiger partial charge in [-0.15, -0.1) is 11.8 Å². The van der Waals surface area contributed by atoms with E-state index in [9.17, 15) is 8.42 Å². The Kier molecular flexibility index (Phi) is 5.78. The van der Waals surface area contributed by atoms with Crippen LogP contribution < -0.4 is 4.72 Å². The minimum Gasteiger partial charge on any atom is -0.280 e. The molecule has 0 saturated heterocycles. The molecule has 25 heavy (non-hydrogen) atoms. The van der Waals surface area contributed by atoms with Crippen molar-refractivity contribution in [1.29, 1.82) is 0 Å². The Morgan fingerprint density at radius 3 is 2.36 bits per heavy atom. The maximum absolute atomic E-state index is 12.4. The minimum absolute atomic E-state index is 0.228. The van der Waals surface area contributed by atoms with Gasteiger partial charge in [0.05, 0.1) is 4.90 Å². The van der Waals surface area contributed by atoms with Gasteiger partial charge in [-0.05, 0) is 60.2 Å². The molecule has 0 saturated carbocycles. The van der Waals surface area contributed by atoms with Crippen molar-refractivity contribution < 1.29 is 8.42 Å². The SMILES string of the molecule is O=S(=O)(Nc1ccc(SCc2cccnc2)cc1)c1ccc(Br)cc1. The molecular weight excluding hydrogens is 420 g/mol. The van der Waals surface area contributed by atoms with Gasteiger partial charge < -0.3 is 0 Å². The molecule has 1 heterocycles. The van der Waals surface area contributed by atoms with Crippen molar-refractivity contribution >= 4 is 43.4 Å². The van der Waals surface area contributed by atoms with E-state index < -0.39 is 10.0 Å². The molecule has 0 aliphatic rings. The topological polar surface area (TPSA) is 59.1 Å². The van der Waals surface area contributed by atoms with Crippen molar-refractivity contribution in [2.45, 2.75) is 15.5 Å². The van der Waals surface area contributed by atoms with E-state index >= 15 is 0 Å². The van der Waals surface area contributed by atoms with E-state index in [0.29, 0.717) is 5.69 Å². The molecule has 2 aromatic carbocycles. The number of hydrogen-bond donors (Lipinski definition) is 1. The lowest BCUT2D eigenvalue weighted by atomic mass is 10.3. The van der Waals surface area contributed by atoms with E-state index in [1.807, 2.05) is 30.5 Å². The summed E-state index contributed by atoms with van der Waals surface area (Å²) in [4.78, 5) is 5.39. The first-order valence-electron chi connectivity index (χ1n) is 7.43. The second kappa shape index (κ2) is 8.03. The van der Waals surface area contributed by atoms with Gasteiger partial charge in [0, 0.05) is 33.2 Å². The monoisotopic (exact) mass is 434 g/mol. The number of benzene rings is 2. The molecule has 7 heteroatoms. The van der Waals surface area contributed by atoms with Gasteiger partial charge in [-0.25, -0.2) is 8.42 Å². The predicted molar refractivity (Wildman–Crippen MR) is 105 cm³/mol. The summed E-state index contributed by atoms with van der Waals surface area (Å²) in [7, 11) is -3.58. The van der Waals surface area contributed by atoms with E-state index in [1.165, 1.54) is 0 Å². The molecule has 0 radical (unpaired) electrons. The highest BCUT2D eigenvalue weighted by Gasteiger charge is 2.13. The van der Waals surface area contributed by atoms with Crippen LogP contribution in [0.3, 0.4) is 0 Å². The quantitative estimate of drug-likeness (QED) is 0.558. The molecule has 1 aromatic heterocycles. The third kappa shape index (κ3) is 5.07. The normalized spacial score (nSPS) is 11.2. The largest absolute Gasteiger partial charge is 0.280 e. The number of rotatable bonds is 6. The van der Waals surface area contributed by atoms with Crippen molar-refractivity contribution in [1.82, 2.24) is 4.98 Å². The van der Waals surface area contributed by atoms with Crippen LogP contribution in [0.5, 0.6) is 0 Å². The first-order chi connectivity index (χ1) is 12.0. The summed E-state index contributed by atoms with van der Waals surface area (Å²) in [5.74, 6) is 0.817. The minimum atomic E-state index is -3.58.